The number of carbonyl (C=O) groups is 1. The summed E-state index contributed by atoms with van der Waals surface area (Å²) in [6.07, 6.45) is 0. The molecule has 7 nitrogen and oxygen atoms in total. The molecule has 0 amide bonds. The van der Waals surface area contributed by atoms with E-state index >= 15 is 0 Å². The Bertz CT molecular complexity index is 932. The number of aromatic amines is 1. The van der Waals surface area contributed by atoms with E-state index in [0.717, 1.165) is 10.1 Å². The molecule has 0 bridgehead atoms. The maximum Gasteiger partial charge on any atom is 0.345 e. The van der Waals surface area contributed by atoms with Gasteiger partial charge in [0.2, 0.25) is 0 Å². The number of H-pyrrole nitrogens is 1. The van der Waals surface area contributed by atoms with Crippen LogP contribution in [0, 0.1) is 0 Å². The van der Waals surface area contributed by atoms with Gasteiger partial charge in [-0.25, -0.2) is 14.6 Å². The Labute approximate surface area is 112 Å². The second-order valence-corrected chi connectivity index (χ2v) is 4.31. The topological polar surface area (TPSA) is 85.6 Å². The van der Waals surface area contributed by atoms with E-state index < -0.39 is 17.2 Å². The maximum absolute atomic E-state index is 12.3. The van der Waals surface area contributed by atoms with E-state index in [1.807, 2.05) is 12.1 Å². The van der Waals surface area contributed by atoms with Crippen molar-refractivity contribution in [1.82, 2.24) is 14.2 Å². The summed E-state index contributed by atoms with van der Waals surface area (Å²) in [4.78, 5) is 35.6. The summed E-state index contributed by atoms with van der Waals surface area (Å²) in [6.45, 7) is -0.331. The first-order chi connectivity index (χ1) is 9.61. The minimum Gasteiger partial charge on any atom is -0.468 e. The third kappa shape index (κ3) is 1.71. The molecule has 102 valence electrons. The molecule has 1 N–H and O–H groups in total. The van der Waals surface area contributed by atoms with Crippen molar-refractivity contribution >= 4 is 22.4 Å². The number of esters is 1. The first kappa shape index (κ1) is 12.2. The molecule has 0 spiro atoms. The molecule has 0 aliphatic rings. The third-order valence-electron chi connectivity index (χ3n) is 3.12. The summed E-state index contributed by atoms with van der Waals surface area (Å²) in [5, 5.41) is 3.16. The van der Waals surface area contributed by atoms with Gasteiger partial charge in [-0.1, -0.05) is 18.2 Å². The number of aromatic nitrogens is 3. The molecule has 0 aliphatic heterocycles. The summed E-state index contributed by atoms with van der Waals surface area (Å²) >= 11 is 0. The molecule has 0 radical (unpaired) electrons. The van der Waals surface area contributed by atoms with E-state index in [0.29, 0.717) is 5.52 Å². The molecule has 7 heteroatoms. The van der Waals surface area contributed by atoms with E-state index in [4.69, 9.17) is 0 Å². The largest absolute Gasteiger partial charge is 0.468 e. The SMILES string of the molecule is COC(=O)Cn1[nH]c(=O)n2c(cc3ccccc32)c1=O. The molecule has 3 rings (SSSR count). The van der Waals surface area contributed by atoms with Gasteiger partial charge in [0.1, 0.15) is 12.1 Å². The fraction of sp³-hybridized carbons (Fsp3) is 0.154. The lowest BCUT2D eigenvalue weighted by Gasteiger charge is -2.04. The van der Waals surface area contributed by atoms with Crippen molar-refractivity contribution in [3.63, 3.8) is 0 Å². The molecule has 0 saturated carbocycles. The average molecular weight is 273 g/mol. The van der Waals surface area contributed by atoms with Gasteiger partial charge < -0.3 is 4.74 Å². The second-order valence-electron chi connectivity index (χ2n) is 4.31. The molecule has 3 aromatic rings. The van der Waals surface area contributed by atoms with Crippen LogP contribution in [0.15, 0.2) is 39.9 Å². The summed E-state index contributed by atoms with van der Waals surface area (Å²) in [6, 6.07) is 8.80. The highest BCUT2D eigenvalue weighted by atomic mass is 16.5. The van der Waals surface area contributed by atoms with E-state index in [-0.39, 0.29) is 12.1 Å². The predicted molar refractivity (Wildman–Crippen MR) is 71.8 cm³/mol. The average Bonchev–Trinajstić information content (AvgIpc) is 2.84. The number of hydrogen-bond acceptors (Lipinski definition) is 4. The second kappa shape index (κ2) is 4.37. The minimum absolute atomic E-state index is 0.221. The molecular weight excluding hydrogens is 262 g/mol. The zero-order valence-electron chi connectivity index (χ0n) is 10.6. The summed E-state index contributed by atoms with van der Waals surface area (Å²) < 4.78 is 6.74. The third-order valence-corrected chi connectivity index (χ3v) is 3.12. The summed E-state index contributed by atoms with van der Waals surface area (Å²) in [7, 11) is 1.22. The highest BCUT2D eigenvalue weighted by Crippen LogP contribution is 2.15. The molecule has 20 heavy (non-hydrogen) atoms. The van der Waals surface area contributed by atoms with Crippen LogP contribution in [0.1, 0.15) is 0 Å². The van der Waals surface area contributed by atoms with Gasteiger partial charge in [0.25, 0.3) is 5.56 Å². The number of rotatable bonds is 2. The number of carbonyl (C=O) groups excluding carboxylic acids is 1. The molecular formula is C13H11N3O4. The van der Waals surface area contributed by atoms with Crippen molar-refractivity contribution in [2.45, 2.75) is 6.54 Å². The molecule has 0 fully saturated rings. The van der Waals surface area contributed by atoms with Gasteiger partial charge in [-0.15, -0.1) is 0 Å². The van der Waals surface area contributed by atoms with Crippen LogP contribution in [0.4, 0.5) is 0 Å². The lowest BCUT2D eigenvalue weighted by molar-refractivity contribution is -0.141. The number of hydrogen-bond donors (Lipinski definition) is 1. The normalized spacial score (nSPS) is 11.1. The minimum atomic E-state index is -0.608. The van der Waals surface area contributed by atoms with E-state index in [1.54, 1.807) is 18.2 Å². The molecule has 2 aromatic heterocycles. The van der Waals surface area contributed by atoms with Crippen LogP contribution in [0.2, 0.25) is 0 Å². The first-order valence-corrected chi connectivity index (χ1v) is 5.92. The van der Waals surface area contributed by atoms with Gasteiger partial charge in [-0.05, 0) is 12.1 Å². The first-order valence-electron chi connectivity index (χ1n) is 5.92. The van der Waals surface area contributed by atoms with Gasteiger partial charge >= 0.3 is 11.7 Å². The lowest BCUT2D eigenvalue weighted by atomic mass is 10.2. The molecule has 1 aromatic carbocycles. The van der Waals surface area contributed by atoms with Gasteiger partial charge in [0.05, 0.1) is 12.6 Å². The zero-order chi connectivity index (χ0) is 14.3. The smallest absolute Gasteiger partial charge is 0.345 e. The predicted octanol–water partition coefficient (Wildman–Crippen LogP) is 0.115. The maximum atomic E-state index is 12.3. The Morgan fingerprint density at radius 1 is 1.25 bits per heavy atom. The monoisotopic (exact) mass is 273 g/mol. The van der Waals surface area contributed by atoms with Crippen LogP contribution >= 0.6 is 0 Å². The highest BCUT2D eigenvalue weighted by molar-refractivity contribution is 5.86. The van der Waals surface area contributed by atoms with Gasteiger partial charge in [0, 0.05) is 5.39 Å². The van der Waals surface area contributed by atoms with Crippen molar-refractivity contribution in [1.29, 1.82) is 0 Å². The Balaban J connectivity index is 2.36. The van der Waals surface area contributed by atoms with E-state index in [2.05, 4.69) is 9.84 Å². The van der Waals surface area contributed by atoms with Gasteiger partial charge in [-0.3, -0.25) is 14.0 Å². The number of methoxy groups -OCH3 is 1. The standard InChI is InChI=1S/C13H11N3O4/c1-20-11(17)7-15-12(18)10-6-8-4-2-3-5-9(8)16(10)13(19)14-15/h2-6H,7H2,1H3,(H,14,19). The van der Waals surface area contributed by atoms with Crippen LogP contribution in [0.5, 0.6) is 0 Å². The number of nitrogens with zero attached hydrogens (tertiary/aromatic N) is 2. The van der Waals surface area contributed by atoms with Crippen molar-refractivity contribution in [3.05, 3.63) is 51.2 Å². The number of nitrogens with one attached hydrogen (secondary N) is 1. The fourth-order valence-corrected chi connectivity index (χ4v) is 2.19. The number of fused-ring (bicyclic) bond motifs is 3. The van der Waals surface area contributed by atoms with E-state index in [9.17, 15) is 14.4 Å². The van der Waals surface area contributed by atoms with Crippen LogP contribution in [0.25, 0.3) is 16.4 Å². The van der Waals surface area contributed by atoms with Crippen molar-refractivity contribution < 1.29 is 9.53 Å². The van der Waals surface area contributed by atoms with Gasteiger partial charge in [-0.2, -0.15) is 0 Å². The Morgan fingerprint density at radius 2 is 2.00 bits per heavy atom. The number of benzene rings is 1. The molecule has 0 atom stereocenters. The zero-order valence-corrected chi connectivity index (χ0v) is 10.6. The van der Waals surface area contributed by atoms with Crippen LogP contribution in [-0.4, -0.2) is 27.3 Å². The quantitative estimate of drug-likeness (QED) is 0.672. The summed E-state index contributed by atoms with van der Waals surface area (Å²) in [5.74, 6) is -0.608. The Hall–Kier alpha value is -2.83. The molecule has 0 aliphatic carbocycles. The van der Waals surface area contributed by atoms with Gasteiger partial charge in [0.15, 0.2) is 0 Å². The Kier molecular flexibility index (Phi) is 2.67. The van der Waals surface area contributed by atoms with Crippen LogP contribution < -0.4 is 11.2 Å². The number of para-hydroxylation sites is 1. The van der Waals surface area contributed by atoms with Crippen LogP contribution in [0.3, 0.4) is 0 Å². The highest BCUT2D eigenvalue weighted by Gasteiger charge is 2.13. The molecule has 0 unspecified atom stereocenters. The molecule has 2 heterocycles. The summed E-state index contributed by atoms with van der Waals surface area (Å²) in [5.41, 5.74) is -0.0687. The van der Waals surface area contributed by atoms with Crippen molar-refractivity contribution in [2.24, 2.45) is 0 Å². The van der Waals surface area contributed by atoms with Crippen molar-refractivity contribution in [2.75, 3.05) is 7.11 Å². The lowest BCUT2D eigenvalue weighted by Crippen LogP contribution is -2.35. The van der Waals surface area contributed by atoms with Crippen LogP contribution in [-0.2, 0) is 16.1 Å². The van der Waals surface area contributed by atoms with E-state index in [1.165, 1.54) is 11.5 Å². The number of ether oxygens (including phenoxy) is 1. The molecule has 0 saturated heterocycles. The Morgan fingerprint density at radius 3 is 2.75 bits per heavy atom. The fourth-order valence-electron chi connectivity index (χ4n) is 2.19. The van der Waals surface area contributed by atoms with Crippen molar-refractivity contribution in [3.8, 4) is 0 Å².